The largest absolute Gasteiger partial charge is 0.481 e. The monoisotopic (exact) mass is 268 g/mol. The quantitative estimate of drug-likeness (QED) is 0.759. The minimum absolute atomic E-state index is 0.0882. The molecule has 19 heavy (non-hydrogen) atoms. The van der Waals surface area contributed by atoms with E-state index in [-0.39, 0.29) is 18.4 Å². The van der Waals surface area contributed by atoms with Crippen LogP contribution in [0.1, 0.15) is 51.9 Å². The van der Waals surface area contributed by atoms with Gasteiger partial charge in [-0.15, -0.1) is 0 Å². The summed E-state index contributed by atoms with van der Waals surface area (Å²) in [6.45, 7) is 2.76. The molecule has 0 radical (unpaired) electrons. The Morgan fingerprint density at radius 1 is 1.32 bits per heavy atom. The molecular weight excluding hydrogens is 244 g/mol. The van der Waals surface area contributed by atoms with Crippen LogP contribution < -0.4 is 5.32 Å². The second-order valence-electron chi connectivity index (χ2n) is 5.87. The minimum atomic E-state index is -0.895. The molecule has 1 amide bonds. The highest BCUT2D eigenvalue weighted by molar-refractivity contribution is 5.87. The molecule has 2 fully saturated rings. The Labute approximate surface area is 114 Å². The summed E-state index contributed by atoms with van der Waals surface area (Å²) in [5.74, 6) is -1.02. The van der Waals surface area contributed by atoms with Crippen LogP contribution in [-0.2, 0) is 9.59 Å². The molecule has 0 aromatic rings. The van der Waals surface area contributed by atoms with E-state index in [1.54, 1.807) is 0 Å². The van der Waals surface area contributed by atoms with Crippen molar-refractivity contribution < 1.29 is 14.7 Å². The molecule has 1 aliphatic heterocycles. The van der Waals surface area contributed by atoms with Gasteiger partial charge in [0.25, 0.3) is 0 Å². The molecule has 2 unspecified atom stereocenters. The molecule has 0 aromatic carbocycles. The number of hydrogen-bond acceptors (Lipinski definition) is 3. The van der Waals surface area contributed by atoms with Gasteiger partial charge < -0.3 is 10.4 Å². The summed E-state index contributed by atoms with van der Waals surface area (Å²) in [4.78, 5) is 25.2. The van der Waals surface area contributed by atoms with Crippen LogP contribution in [0.5, 0.6) is 0 Å². The number of nitrogens with one attached hydrogen (secondary N) is 1. The Morgan fingerprint density at radius 3 is 2.53 bits per heavy atom. The molecule has 1 saturated heterocycles. The number of hydrogen-bond donors (Lipinski definition) is 2. The first-order chi connectivity index (χ1) is 9.08. The Hall–Kier alpha value is -1.10. The summed E-state index contributed by atoms with van der Waals surface area (Å²) in [5.41, 5.74) is 0. The third kappa shape index (κ3) is 3.69. The van der Waals surface area contributed by atoms with Crippen LogP contribution in [-0.4, -0.2) is 46.6 Å². The number of nitrogens with zero attached hydrogens (tertiary/aromatic N) is 1. The van der Waals surface area contributed by atoms with E-state index in [0.717, 1.165) is 19.4 Å². The smallest absolute Gasteiger partial charge is 0.305 e. The average Bonchev–Trinajstić information content (AvgIpc) is 2.60. The molecule has 2 aliphatic rings. The fraction of sp³-hybridized carbons (Fsp3) is 0.857. The first-order valence-corrected chi connectivity index (χ1v) is 7.36. The number of carboxylic acids is 1. The standard InChI is InChI=1S/C14H24N2O3/c1-10-9-16(11-6-4-2-3-5-7-11)12(8-13(17)18)14(19)15-10/h10-12H,2-9H2,1H3,(H,15,19)(H,17,18). The molecule has 5 heteroatoms. The van der Waals surface area contributed by atoms with Crippen molar-refractivity contribution in [3.05, 3.63) is 0 Å². The van der Waals surface area contributed by atoms with Crippen molar-refractivity contribution in [2.75, 3.05) is 6.54 Å². The van der Waals surface area contributed by atoms with E-state index in [4.69, 9.17) is 5.11 Å². The predicted octanol–water partition coefficient (Wildman–Crippen LogP) is 1.37. The summed E-state index contributed by atoms with van der Waals surface area (Å²) in [6.07, 6.45) is 7.00. The van der Waals surface area contributed by atoms with Gasteiger partial charge in [0.1, 0.15) is 0 Å². The summed E-state index contributed by atoms with van der Waals surface area (Å²) in [7, 11) is 0. The zero-order valence-corrected chi connectivity index (χ0v) is 11.6. The SMILES string of the molecule is CC1CN(C2CCCCCC2)C(CC(=O)O)C(=O)N1. The summed E-state index contributed by atoms with van der Waals surface area (Å²) in [5, 5.41) is 11.9. The summed E-state index contributed by atoms with van der Waals surface area (Å²) >= 11 is 0. The van der Waals surface area contributed by atoms with E-state index in [1.165, 1.54) is 25.7 Å². The maximum absolute atomic E-state index is 12.1. The topological polar surface area (TPSA) is 69.6 Å². The second kappa shape index (κ2) is 6.37. The molecule has 0 bridgehead atoms. The van der Waals surface area contributed by atoms with Crippen LogP contribution in [0.15, 0.2) is 0 Å². The maximum Gasteiger partial charge on any atom is 0.305 e. The van der Waals surface area contributed by atoms with Gasteiger partial charge in [-0.3, -0.25) is 14.5 Å². The molecule has 1 heterocycles. The molecule has 108 valence electrons. The van der Waals surface area contributed by atoms with Gasteiger partial charge in [0.2, 0.25) is 5.91 Å². The van der Waals surface area contributed by atoms with Crippen LogP contribution in [0.2, 0.25) is 0 Å². The van der Waals surface area contributed by atoms with Gasteiger partial charge in [-0.05, 0) is 19.8 Å². The van der Waals surface area contributed by atoms with Gasteiger partial charge in [-0.1, -0.05) is 25.7 Å². The van der Waals surface area contributed by atoms with Crippen molar-refractivity contribution in [2.45, 2.75) is 70.0 Å². The van der Waals surface area contributed by atoms with Crippen molar-refractivity contribution in [2.24, 2.45) is 0 Å². The van der Waals surface area contributed by atoms with E-state index in [9.17, 15) is 9.59 Å². The minimum Gasteiger partial charge on any atom is -0.481 e. The third-order valence-electron chi connectivity index (χ3n) is 4.24. The molecule has 2 rings (SSSR count). The molecule has 5 nitrogen and oxygen atoms in total. The lowest BCUT2D eigenvalue weighted by Gasteiger charge is -2.42. The lowest BCUT2D eigenvalue weighted by Crippen LogP contribution is -2.62. The lowest BCUT2D eigenvalue weighted by molar-refractivity contribution is -0.144. The van der Waals surface area contributed by atoms with E-state index in [2.05, 4.69) is 10.2 Å². The number of piperazine rings is 1. The average molecular weight is 268 g/mol. The van der Waals surface area contributed by atoms with Gasteiger partial charge in [-0.25, -0.2) is 0 Å². The Bertz CT molecular complexity index is 338. The molecule has 1 saturated carbocycles. The fourth-order valence-electron chi connectivity index (χ4n) is 3.35. The van der Waals surface area contributed by atoms with Crippen molar-refractivity contribution in [1.29, 1.82) is 0 Å². The highest BCUT2D eigenvalue weighted by Crippen LogP contribution is 2.26. The van der Waals surface area contributed by atoms with Gasteiger partial charge in [0, 0.05) is 18.6 Å². The maximum atomic E-state index is 12.1. The molecule has 1 aliphatic carbocycles. The zero-order valence-electron chi connectivity index (χ0n) is 11.6. The number of carboxylic acid groups (broad SMARTS) is 1. The lowest BCUT2D eigenvalue weighted by atomic mass is 9.98. The van der Waals surface area contributed by atoms with Gasteiger partial charge in [-0.2, -0.15) is 0 Å². The Morgan fingerprint density at radius 2 is 1.95 bits per heavy atom. The molecule has 2 atom stereocenters. The fourth-order valence-corrected chi connectivity index (χ4v) is 3.35. The van der Waals surface area contributed by atoms with Gasteiger partial charge in [0.05, 0.1) is 12.5 Å². The number of carbonyl (C=O) groups excluding carboxylic acids is 1. The zero-order chi connectivity index (χ0) is 13.8. The number of aliphatic carboxylic acids is 1. The van der Waals surface area contributed by atoms with Crippen LogP contribution in [0.3, 0.4) is 0 Å². The first kappa shape index (κ1) is 14.3. The molecule has 0 spiro atoms. The van der Waals surface area contributed by atoms with E-state index in [1.807, 2.05) is 6.92 Å². The van der Waals surface area contributed by atoms with E-state index < -0.39 is 12.0 Å². The van der Waals surface area contributed by atoms with Crippen molar-refractivity contribution >= 4 is 11.9 Å². The first-order valence-electron chi connectivity index (χ1n) is 7.36. The van der Waals surface area contributed by atoms with Crippen molar-refractivity contribution in [1.82, 2.24) is 10.2 Å². The highest BCUT2D eigenvalue weighted by Gasteiger charge is 2.38. The third-order valence-corrected chi connectivity index (χ3v) is 4.24. The predicted molar refractivity (Wildman–Crippen MR) is 71.8 cm³/mol. The summed E-state index contributed by atoms with van der Waals surface area (Å²) in [6, 6.07) is -0.00190. The summed E-state index contributed by atoms with van der Waals surface area (Å²) < 4.78 is 0. The van der Waals surface area contributed by atoms with Gasteiger partial charge >= 0.3 is 5.97 Å². The van der Waals surface area contributed by atoms with Crippen molar-refractivity contribution in [3.8, 4) is 0 Å². The Balaban J connectivity index is 2.11. The number of rotatable bonds is 3. The van der Waals surface area contributed by atoms with Crippen LogP contribution in [0.4, 0.5) is 0 Å². The van der Waals surface area contributed by atoms with E-state index >= 15 is 0 Å². The normalized spacial score (nSPS) is 30.7. The Kier molecular flexibility index (Phi) is 4.80. The molecule has 0 aromatic heterocycles. The highest BCUT2D eigenvalue weighted by atomic mass is 16.4. The molecular formula is C14H24N2O3. The molecule has 2 N–H and O–H groups in total. The van der Waals surface area contributed by atoms with Gasteiger partial charge in [0.15, 0.2) is 0 Å². The van der Waals surface area contributed by atoms with E-state index in [0.29, 0.717) is 6.04 Å². The number of carbonyl (C=O) groups is 2. The van der Waals surface area contributed by atoms with Crippen LogP contribution in [0, 0.1) is 0 Å². The van der Waals surface area contributed by atoms with Crippen LogP contribution in [0.25, 0.3) is 0 Å². The van der Waals surface area contributed by atoms with Crippen molar-refractivity contribution in [3.63, 3.8) is 0 Å². The number of amides is 1. The second-order valence-corrected chi connectivity index (χ2v) is 5.87. The van der Waals surface area contributed by atoms with Crippen LogP contribution >= 0.6 is 0 Å².